The number of nitrogens with zero attached hydrogens (tertiary/aromatic N) is 1. The number of carbonyl (C=O) groups excluding carboxylic acids is 1. The SMILES string of the molecule is CCOC(=O)C1=C(c2ccccc2OCC)SC(N)N=C1C. The van der Waals surface area contributed by atoms with Gasteiger partial charge >= 0.3 is 5.97 Å². The zero-order valence-corrected chi connectivity index (χ0v) is 13.8. The van der Waals surface area contributed by atoms with Crippen molar-refractivity contribution in [2.75, 3.05) is 13.2 Å². The quantitative estimate of drug-likeness (QED) is 0.845. The van der Waals surface area contributed by atoms with Gasteiger partial charge in [-0.2, -0.15) is 0 Å². The summed E-state index contributed by atoms with van der Waals surface area (Å²) in [6.07, 6.45) is 0. The maximum absolute atomic E-state index is 12.3. The van der Waals surface area contributed by atoms with Crippen LogP contribution >= 0.6 is 11.8 Å². The van der Waals surface area contributed by atoms with Crippen molar-refractivity contribution in [3.05, 3.63) is 35.4 Å². The smallest absolute Gasteiger partial charge is 0.341 e. The van der Waals surface area contributed by atoms with Gasteiger partial charge in [-0.1, -0.05) is 30.0 Å². The van der Waals surface area contributed by atoms with Crippen molar-refractivity contribution in [1.29, 1.82) is 0 Å². The Bertz CT molecular complexity index is 626. The molecule has 1 heterocycles. The summed E-state index contributed by atoms with van der Waals surface area (Å²) >= 11 is 1.33. The number of ether oxygens (including phenoxy) is 2. The van der Waals surface area contributed by atoms with E-state index in [2.05, 4.69) is 4.99 Å². The number of aliphatic imine (C=N–C) groups is 1. The van der Waals surface area contributed by atoms with E-state index < -0.39 is 5.50 Å². The minimum atomic E-state index is -0.442. The van der Waals surface area contributed by atoms with E-state index in [1.54, 1.807) is 13.8 Å². The Morgan fingerprint density at radius 3 is 2.73 bits per heavy atom. The summed E-state index contributed by atoms with van der Waals surface area (Å²) in [5.41, 5.74) is 7.40. The fourth-order valence-corrected chi connectivity index (χ4v) is 3.30. The average molecular weight is 320 g/mol. The Balaban J connectivity index is 2.58. The number of para-hydroxylation sites is 1. The zero-order valence-electron chi connectivity index (χ0n) is 13.0. The lowest BCUT2D eigenvalue weighted by Gasteiger charge is -2.23. The van der Waals surface area contributed by atoms with E-state index in [0.29, 0.717) is 24.5 Å². The summed E-state index contributed by atoms with van der Waals surface area (Å²) in [5, 5.41) is 0. The molecular weight excluding hydrogens is 300 g/mol. The molecule has 2 rings (SSSR count). The van der Waals surface area contributed by atoms with Crippen LogP contribution in [0.2, 0.25) is 0 Å². The fraction of sp³-hybridized carbons (Fsp3) is 0.375. The fourth-order valence-electron chi connectivity index (χ4n) is 2.20. The predicted octanol–water partition coefficient (Wildman–Crippen LogP) is 2.81. The largest absolute Gasteiger partial charge is 0.493 e. The molecule has 1 unspecified atom stereocenters. The van der Waals surface area contributed by atoms with E-state index in [1.165, 1.54) is 11.8 Å². The molecule has 1 aliphatic heterocycles. The minimum absolute atomic E-state index is 0.312. The summed E-state index contributed by atoms with van der Waals surface area (Å²) in [4.78, 5) is 17.3. The molecule has 2 N–H and O–H groups in total. The Kier molecular flexibility index (Phi) is 5.63. The summed E-state index contributed by atoms with van der Waals surface area (Å²) < 4.78 is 10.8. The van der Waals surface area contributed by atoms with Gasteiger partial charge in [0.15, 0.2) is 0 Å². The maximum Gasteiger partial charge on any atom is 0.341 e. The van der Waals surface area contributed by atoms with Crippen molar-refractivity contribution < 1.29 is 14.3 Å². The van der Waals surface area contributed by atoms with Gasteiger partial charge in [0.05, 0.1) is 24.5 Å². The Labute approximate surface area is 134 Å². The van der Waals surface area contributed by atoms with E-state index >= 15 is 0 Å². The maximum atomic E-state index is 12.3. The van der Waals surface area contributed by atoms with Crippen LogP contribution in [0, 0.1) is 0 Å². The number of esters is 1. The molecule has 0 saturated carbocycles. The van der Waals surface area contributed by atoms with Crippen LogP contribution in [0.4, 0.5) is 0 Å². The second-order valence-electron chi connectivity index (χ2n) is 4.58. The van der Waals surface area contributed by atoms with Crippen molar-refractivity contribution in [2.45, 2.75) is 26.3 Å². The van der Waals surface area contributed by atoms with Crippen molar-refractivity contribution in [2.24, 2.45) is 10.7 Å². The lowest BCUT2D eigenvalue weighted by molar-refractivity contribution is -0.137. The predicted molar refractivity (Wildman–Crippen MR) is 89.8 cm³/mol. The summed E-state index contributed by atoms with van der Waals surface area (Å²) in [6, 6.07) is 7.59. The molecule has 0 saturated heterocycles. The van der Waals surface area contributed by atoms with E-state index in [0.717, 1.165) is 16.2 Å². The van der Waals surface area contributed by atoms with Gasteiger partial charge in [0, 0.05) is 10.5 Å². The second-order valence-corrected chi connectivity index (χ2v) is 5.70. The number of hydrogen-bond acceptors (Lipinski definition) is 6. The van der Waals surface area contributed by atoms with E-state index in [4.69, 9.17) is 15.2 Å². The molecule has 0 spiro atoms. The van der Waals surface area contributed by atoms with Gasteiger partial charge in [-0.25, -0.2) is 4.79 Å². The average Bonchev–Trinajstić information content (AvgIpc) is 2.47. The molecule has 22 heavy (non-hydrogen) atoms. The molecule has 0 bridgehead atoms. The number of thioether (sulfide) groups is 1. The highest BCUT2D eigenvalue weighted by molar-refractivity contribution is 8.09. The van der Waals surface area contributed by atoms with Crippen molar-refractivity contribution in [1.82, 2.24) is 0 Å². The summed E-state index contributed by atoms with van der Waals surface area (Å²) in [7, 11) is 0. The first-order chi connectivity index (χ1) is 10.6. The molecule has 6 heteroatoms. The van der Waals surface area contributed by atoms with Crippen LogP contribution in [0.3, 0.4) is 0 Å². The Hall–Kier alpha value is -1.79. The van der Waals surface area contributed by atoms with Crippen LogP contribution in [0.1, 0.15) is 26.3 Å². The first-order valence-corrected chi connectivity index (χ1v) is 8.07. The van der Waals surface area contributed by atoms with Crippen molar-refractivity contribution in [3.8, 4) is 5.75 Å². The molecule has 1 aromatic carbocycles. The number of rotatable bonds is 5. The van der Waals surface area contributed by atoms with Gasteiger partial charge < -0.3 is 15.2 Å². The van der Waals surface area contributed by atoms with Crippen LogP contribution in [-0.2, 0) is 9.53 Å². The van der Waals surface area contributed by atoms with Crippen LogP contribution < -0.4 is 10.5 Å². The van der Waals surface area contributed by atoms with E-state index in [1.807, 2.05) is 31.2 Å². The van der Waals surface area contributed by atoms with E-state index in [9.17, 15) is 4.79 Å². The van der Waals surface area contributed by atoms with Crippen molar-refractivity contribution >= 4 is 28.3 Å². The lowest BCUT2D eigenvalue weighted by atomic mass is 10.1. The summed E-state index contributed by atoms with van der Waals surface area (Å²) in [6.45, 7) is 6.33. The highest BCUT2D eigenvalue weighted by Crippen LogP contribution is 2.41. The van der Waals surface area contributed by atoms with Crippen LogP contribution in [0.25, 0.3) is 4.91 Å². The standard InChI is InChI=1S/C16H20N2O3S/c1-4-20-12-9-7-6-8-11(12)14-13(15(19)21-5-2)10(3)18-16(17)22-14/h6-9,16H,4-5,17H2,1-3H3. The van der Waals surface area contributed by atoms with E-state index in [-0.39, 0.29) is 5.97 Å². The van der Waals surface area contributed by atoms with Crippen LogP contribution in [0.15, 0.2) is 34.8 Å². The normalized spacial score (nSPS) is 18.0. The molecule has 0 fully saturated rings. The molecule has 5 nitrogen and oxygen atoms in total. The third kappa shape index (κ3) is 3.51. The molecule has 1 aromatic rings. The minimum Gasteiger partial charge on any atom is -0.493 e. The molecule has 1 aliphatic rings. The van der Waals surface area contributed by atoms with Gasteiger partial charge in [0.25, 0.3) is 0 Å². The van der Waals surface area contributed by atoms with Crippen molar-refractivity contribution in [3.63, 3.8) is 0 Å². The van der Waals surface area contributed by atoms with Gasteiger partial charge in [0.2, 0.25) is 0 Å². The van der Waals surface area contributed by atoms with Gasteiger partial charge in [-0.3, -0.25) is 4.99 Å². The first kappa shape index (κ1) is 16.6. The molecular formula is C16H20N2O3S. The number of benzene rings is 1. The Morgan fingerprint density at radius 1 is 1.32 bits per heavy atom. The molecule has 0 aromatic heterocycles. The van der Waals surface area contributed by atoms with Crippen LogP contribution in [0.5, 0.6) is 5.75 Å². The number of hydrogen-bond donors (Lipinski definition) is 1. The highest BCUT2D eigenvalue weighted by Gasteiger charge is 2.28. The molecule has 0 radical (unpaired) electrons. The molecule has 1 atom stereocenters. The Morgan fingerprint density at radius 2 is 2.05 bits per heavy atom. The van der Waals surface area contributed by atoms with Gasteiger partial charge in [0.1, 0.15) is 11.2 Å². The third-order valence-corrected chi connectivity index (χ3v) is 4.07. The first-order valence-electron chi connectivity index (χ1n) is 7.19. The second kappa shape index (κ2) is 7.47. The third-order valence-electron chi connectivity index (χ3n) is 3.06. The van der Waals surface area contributed by atoms with Gasteiger partial charge in [-0.05, 0) is 26.8 Å². The monoisotopic (exact) mass is 320 g/mol. The molecule has 0 aliphatic carbocycles. The number of nitrogens with two attached hydrogens (primary N) is 1. The topological polar surface area (TPSA) is 73.9 Å². The number of carbonyl (C=O) groups is 1. The summed E-state index contributed by atoms with van der Waals surface area (Å²) in [5.74, 6) is 0.334. The highest BCUT2D eigenvalue weighted by atomic mass is 32.2. The molecule has 118 valence electrons. The molecule has 0 amide bonds. The zero-order chi connectivity index (χ0) is 16.1. The van der Waals surface area contributed by atoms with Gasteiger partial charge in [-0.15, -0.1) is 0 Å². The van der Waals surface area contributed by atoms with Crippen LogP contribution in [-0.4, -0.2) is 30.4 Å². The lowest BCUT2D eigenvalue weighted by Crippen LogP contribution is -2.25.